The van der Waals surface area contributed by atoms with Crippen LogP contribution in [-0.4, -0.2) is 29.3 Å². The van der Waals surface area contributed by atoms with Gasteiger partial charge < -0.3 is 10.4 Å². The summed E-state index contributed by atoms with van der Waals surface area (Å²) in [7, 11) is 0. The van der Waals surface area contributed by atoms with Crippen LogP contribution < -0.4 is 5.32 Å². The largest absolute Gasteiger partial charge is 0.481 e. The van der Waals surface area contributed by atoms with Gasteiger partial charge in [-0.25, -0.2) is 0 Å². The molecule has 116 valence electrons. The Labute approximate surface area is 133 Å². The topological polar surface area (TPSA) is 66.4 Å². The average molecular weight is 327 g/mol. The van der Waals surface area contributed by atoms with Gasteiger partial charge in [0.1, 0.15) is 0 Å². The number of nitrogens with one attached hydrogen (secondary N) is 1. The molecule has 1 aliphatic carbocycles. The van der Waals surface area contributed by atoms with Crippen molar-refractivity contribution in [3.05, 3.63) is 17.5 Å². The maximum Gasteiger partial charge on any atom is 0.311 e. The van der Waals surface area contributed by atoms with Gasteiger partial charge in [-0.1, -0.05) is 13.0 Å². The Hall–Kier alpha value is -1.01. The summed E-state index contributed by atoms with van der Waals surface area (Å²) < 4.78 is 1.10. The quantitative estimate of drug-likeness (QED) is 0.787. The van der Waals surface area contributed by atoms with Crippen LogP contribution in [0.5, 0.6) is 0 Å². The third-order valence-electron chi connectivity index (χ3n) is 4.15. The summed E-state index contributed by atoms with van der Waals surface area (Å²) in [6.45, 7) is 2.40. The number of carboxylic acids is 1. The van der Waals surface area contributed by atoms with E-state index >= 15 is 0 Å². The van der Waals surface area contributed by atoms with Crippen LogP contribution in [0.15, 0.2) is 21.7 Å². The Kier molecular flexibility index (Phi) is 5.70. The molecule has 0 spiro atoms. The Balaban J connectivity index is 1.81. The Morgan fingerprint density at radius 3 is 2.76 bits per heavy atom. The van der Waals surface area contributed by atoms with Gasteiger partial charge in [-0.05, 0) is 43.0 Å². The second-order valence-electron chi connectivity index (χ2n) is 5.77. The van der Waals surface area contributed by atoms with Gasteiger partial charge in [0.15, 0.2) is 0 Å². The molecule has 0 saturated heterocycles. The third kappa shape index (κ3) is 4.48. The zero-order valence-electron chi connectivity index (χ0n) is 12.1. The zero-order valence-corrected chi connectivity index (χ0v) is 13.8. The van der Waals surface area contributed by atoms with Crippen molar-refractivity contribution < 1.29 is 14.7 Å². The molecule has 21 heavy (non-hydrogen) atoms. The van der Waals surface area contributed by atoms with Crippen molar-refractivity contribution in [2.75, 3.05) is 12.3 Å². The lowest BCUT2D eigenvalue weighted by Gasteiger charge is -2.35. The molecule has 0 aromatic carbocycles. The van der Waals surface area contributed by atoms with E-state index in [1.807, 2.05) is 17.5 Å². The van der Waals surface area contributed by atoms with E-state index in [2.05, 4.69) is 12.2 Å². The Morgan fingerprint density at radius 1 is 1.48 bits per heavy atom. The molecule has 1 aromatic heterocycles. The van der Waals surface area contributed by atoms with Gasteiger partial charge in [-0.3, -0.25) is 9.59 Å². The molecule has 4 nitrogen and oxygen atoms in total. The minimum atomic E-state index is -0.777. The number of hydrogen-bond acceptors (Lipinski definition) is 4. The number of thiophene rings is 1. The molecule has 1 saturated carbocycles. The lowest BCUT2D eigenvalue weighted by atomic mass is 9.71. The van der Waals surface area contributed by atoms with E-state index in [1.54, 1.807) is 11.3 Å². The number of amides is 1. The van der Waals surface area contributed by atoms with Gasteiger partial charge >= 0.3 is 5.97 Å². The molecule has 0 bridgehead atoms. The minimum absolute atomic E-state index is 0.0901. The van der Waals surface area contributed by atoms with E-state index in [-0.39, 0.29) is 12.5 Å². The second-order valence-corrected chi connectivity index (χ2v) is 7.99. The number of aliphatic carboxylic acids is 1. The van der Waals surface area contributed by atoms with Crippen LogP contribution >= 0.6 is 23.1 Å². The summed E-state index contributed by atoms with van der Waals surface area (Å²) in [5.41, 5.74) is -0.768. The molecule has 1 heterocycles. The van der Waals surface area contributed by atoms with E-state index < -0.39 is 11.4 Å². The number of hydrogen-bond donors (Lipinski definition) is 2. The van der Waals surface area contributed by atoms with E-state index in [4.69, 9.17) is 0 Å². The maximum absolute atomic E-state index is 11.9. The Bertz CT molecular complexity index is 479. The van der Waals surface area contributed by atoms with Crippen molar-refractivity contribution in [1.82, 2.24) is 5.32 Å². The van der Waals surface area contributed by atoms with Gasteiger partial charge in [-0.15, -0.1) is 23.1 Å². The maximum atomic E-state index is 11.9. The highest BCUT2D eigenvalue weighted by molar-refractivity contribution is 8.01. The molecule has 0 aliphatic heterocycles. The van der Waals surface area contributed by atoms with E-state index in [0.717, 1.165) is 17.1 Å². The number of carbonyl (C=O) groups excluding carboxylic acids is 1. The molecule has 1 amide bonds. The highest BCUT2D eigenvalue weighted by Gasteiger charge is 2.41. The molecule has 1 aliphatic rings. The Morgan fingerprint density at radius 2 is 2.19 bits per heavy atom. The number of carboxylic acid groups (broad SMARTS) is 1. The summed E-state index contributed by atoms with van der Waals surface area (Å²) in [6, 6.07) is 3.93. The first kappa shape index (κ1) is 16.4. The summed E-state index contributed by atoms with van der Waals surface area (Å²) in [6.07, 6.45) is 3.15. The van der Waals surface area contributed by atoms with Crippen molar-refractivity contribution in [2.45, 2.75) is 36.8 Å². The lowest BCUT2D eigenvalue weighted by Crippen LogP contribution is -2.45. The standard InChI is InChI=1S/C15H21NO3S2/c1-11-4-6-15(7-5-11,14(18)19)10-16-12(17)9-21-13-3-2-8-20-13/h2-3,8,11H,4-7,9-10H2,1H3,(H,16,17)(H,18,19). The summed E-state index contributed by atoms with van der Waals surface area (Å²) >= 11 is 3.09. The number of rotatable bonds is 6. The molecule has 1 fully saturated rings. The molecule has 0 unspecified atom stereocenters. The van der Waals surface area contributed by atoms with Gasteiger partial charge in [-0.2, -0.15) is 0 Å². The fraction of sp³-hybridized carbons (Fsp3) is 0.600. The molecular formula is C15H21NO3S2. The van der Waals surface area contributed by atoms with Crippen LogP contribution in [0.2, 0.25) is 0 Å². The first-order valence-electron chi connectivity index (χ1n) is 7.18. The van der Waals surface area contributed by atoms with Crippen LogP contribution in [0.1, 0.15) is 32.6 Å². The fourth-order valence-electron chi connectivity index (χ4n) is 2.58. The number of carbonyl (C=O) groups is 2. The molecule has 1 aromatic rings. The van der Waals surface area contributed by atoms with E-state index in [1.165, 1.54) is 11.8 Å². The van der Waals surface area contributed by atoms with Gasteiger partial charge in [0.2, 0.25) is 5.91 Å². The monoisotopic (exact) mass is 327 g/mol. The van der Waals surface area contributed by atoms with Crippen molar-refractivity contribution >= 4 is 35.0 Å². The normalized spacial score (nSPS) is 25.5. The van der Waals surface area contributed by atoms with Crippen molar-refractivity contribution in [3.63, 3.8) is 0 Å². The SMILES string of the molecule is CC1CCC(CNC(=O)CSc2cccs2)(C(=O)O)CC1. The van der Waals surface area contributed by atoms with Gasteiger partial charge in [0.05, 0.1) is 15.4 Å². The molecule has 2 rings (SSSR count). The summed E-state index contributed by atoms with van der Waals surface area (Å²) in [5, 5.41) is 14.3. The summed E-state index contributed by atoms with van der Waals surface area (Å²) in [5.74, 6) is 0.0582. The highest BCUT2D eigenvalue weighted by atomic mass is 32.2. The third-order valence-corrected chi connectivity index (χ3v) is 6.28. The van der Waals surface area contributed by atoms with Crippen LogP contribution in [0, 0.1) is 11.3 Å². The fourth-order valence-corrected chi connectivity index (χ4v) is 4.20. The molecule has 0 atom stereocenters. The predicted octanol–water partition coefficient (Wildman–Crippen LogP) is 3.24. The van der Waals surface area contributed by atoms with E-state index in [9.17, 15) is 14.7 Å². The molecule has 0 radical (unpaired) electrons. The van der Waals surface area contributed by atoms with Crippen molar-refractivity contribution in [2.24, 2.45) is 11.3 Å². The van der Waals surface area contributed by atoms with Crippen LogP contribution in [-0.2, 0) is 9.59 Å². The number of thioether (sulfide) groups is 1. The minimum Gasteiger partial charge on any atom is -0.481 e. The van der Waals surface area contributed by atoms with E-state index in [0.29, 0.717) is 24.5 Å². The van der Waals surface area contributed by atoms with Crippen LogP contribution in [0.4, 0.5) is 0 Å². The van der Waals surface area contributed by atoms with Crippen LogP contribution in [0.25, 0.3) is 0 Å². The first-order chi connectivity index (χ1) is 10.0. The molecule has 2 N–H and O–H groups in total. The second kappa shape index (κ2) is 7.31. The molecule has 6 heteroatoms. The van der Waals surface area contributed by atoms with Crippen molar-refractivity contribution in [3.8, 4) is 0 Å². The first-order valence-corrected chi connectivity index (χ1v) is 9.05. The smallest absolute Gasteiger partial charge is 0.311 e. The van der Waals surface area contributed by atoms with Crippen LogP contribution in [0.3, 0.4) is 0 Å². The van der Waals surface area contributed by atoms with Gasteiger partial charge in [0, 0.05) is 6.54 Å². The zero-order chi connectivity index (χ0) is 15.3. The average Bonchev–Trinajstić information content (AvgIpc) is 2.98. The lowest BCUT2D eigenvalue weighted by molar-refractivity contribution is -0.151. The molecular weight excluding hydrogens is 306 g/mol. The highest BCUT2D eigenvalue weighted by Crippen LogP contribution is 2.38. The predicted molar refractivity (Wildman–Crippen MR) is 85.8 cm³/mol. The van der Waals surface area contributed by atoms with Gasteiger partial charge in [0.25, 0.3) is 0 Å². The van der Waals surface area contributed by atoms with Crippen molar-refractivity contribution in [1.29, 1.82) is 0 Å². The summed E-state index contributed by atoms with van der Waals surface area (Å²) in [4.78, 5) is 23.5.